The van der Waals surface area contributed by atoms with Crippen molar-refractivity contribution in [1.29, 1.82) is 0 Å². The number of likely N-dealkylation sites (tertiary alicyclic amines) is 1. The van der Waals surface area contributed by atoms with E-state index in [-0.39, 0.29) is 11.2 Å². The Bertz CT molecular complexity index is 579. The predicted octanol–water partition coefficient (Wildman–Crippen LogP) is 0.968. The predicted molar refractivity (Wildman–Crippen MR) is 102 cm³/mol. The van der Waals surface area contributed by atoms with Gasteiger partial charge in [-0.3, -0.25) is 4.90 Å². The molecule has 0 radical (unpaired) electrons. The number of rotatable bonds is 6. The third-order valence-corrected chi connectivity index (χ3v) is 5.74. The molecule has 26 heavy (non-hydrogen) atoms. The molecule has 2 fully saturated rings. The monoisotopic (exact) mass is 362 g/mol. The van der Waals surface area contributed by atoms with Crippen molar-refractivity contribution in [2.45, 2.75) is 64.2 Å². The van der Waals surface area contributed by atoms with Gasteiger partial charge in [-0.2, -0.15) is 0 Å². The second kappa shape index (κ2) is 7.80. The molecule has 1 aromatic rings. The highest BCUT2D eigenvalue weighted by Crippen LogP contribution is 2.36. The summed E-state index contributed by atoms with van der Waals surface area (Å²) < 4.78 is 17.9. The Morgan fingerprint density at radius 1 is 1.19 bits per heavy atom. The van der Waals surface area contributed by atoms with Crippen LogP contribution in [0.4, 0.5) is 0 Å². The molecule has 0 aromatic carbocycles. The van der Waals surface area contributed by atoms with Crippen LogP contribution in [0.5, 0.6) is 6.01 Å². The molecule has 0 saturated carbocycles. The van der Waals surface area contributed by atoms with Gasteiger partial charge in [0, 0.05) is 37.0 Å². The van der Waals surface area contributed by atoms with Crippen molar-refractivity contribution < 1.29 is 14.0 Å². The van der Waals surface area contributed by atoms with Crippen LogP contribution in [0, 0.1) is 0 Å². The van der Waals surface area contributed by atoms with E-state index in [4.69, 9.17) is 19.8 Å². The van der Waals surface area contributed by atoms with Crippen molar-refractivity contribution in [3.8, 4) is 6.01 Å². The highest BCUT2D eigenvalue weighted by atomic mass is 16.7. The molecule has 1 aromatic heterocycles. The van der Waals surface area contributed by atoms with E-state index in [9.17, 15) is 0 Å². The number of nitrogens with zero attached hydrogens (tertiary/aromatic N) is 3. The Labute approximate surface area is 156 Å². The lowest BCUT2D eigenvalue weighted by Gasteiger charge is -2.34. The summed E-state index contributed by atoms with van der Waals surface area (Å²) in [5, 5.41) is 0. The minimum atomic E-state index is -0.451. The van der Waals surface area contributed by atoms with Crippen molar-refractivity contribution in [3.63, 3.8) is 0 Å². The lowest BCUT2D eigenvalue weighted by molar-refractivity contribution is 0.00578. The Morgan fingerprint density at radius 2 is 1.85 bits per heavy atom. The van der Waals surface area contributed by atoms with Gasteiger partial charge >= 0.3 is 13.1 Å². The van der Waals surface area contributed by atoms with E-state index >= 15 is 0 Å². The fourth-order valence-corrected chi connectivity index (χ4v) is 3.38. The Balaban J connectivity index is 1.57. The van der Waals surface area contributed by atoms with E-state index in [0.717, 1.165) is 25.0 Å². The quantitative estimate of drug-likeness (QED) is 0.755. The molecule has 0 spiro atoms. The van der Waals surface area contributed by atoms with Gasteiger partial charge in [0.15, 0.2) is 0 Å². The Hall–Kier alpha value is -1.22. The van der Waals surface area contributed by atoms with Crippen LogP contribution in [0.15, 0.2) is 12.4 Å². The van der Waals surface area contributed by atoms with Gasteiger partial charge < -0.3 is 19.8 Å². The van der Waals surface area contributed by atoms with Crippen molar-refractivity contribution >= 4 is 12.6 Å². The van der Waals surface area contributed by atoms with Gasteiger partial charge in [-0.05, 0) is 47.1 Å². The molecule has 2 saturated heterocycles. The van der Waals surface area contributed by atoms with Gasteiger partial charge in [-0.15, -0.1) is 0 Å². The molecular formula is C18H31BN4O3. The summed E-state index contributed by atoms with van der Waals surface area (Å²) >= 11 is 0. The van der Waals surface area contributed by atoms with Crippen LogP contribution >= 0.6 is 0 Å². The molecule has 8 heteroatoms. The Kier molecular flexibility index (Phi) is 5.86. The zero-order valence-electron chi connectivity index (χ0n) is 16.4. The maximum Gasteiger partial charge on any atom is 0.498 e. The van der Waals surface area contributed by atoms with Crippen molar-refractivity contribution in [2.75, 3.05) is 26.2 Å². The highest BCUT2D eigenvalue weighted by molar-refractivity contribution is 6.61. The number of aromatic nitrogens is 2. The summed E-state index contributed by atoms with van der Waals surface area (Å²) in [7, 11) is -0.451. The van der Waals surface area contributed by atoms with E-state index in [2.05, 4.69) is 14.9 Å². The third kappa shape index (κ3) is 4.19. The minimum absolute atomic E-state index is 0.375. The molecule has 7 nitrogen and oxygen atoms in total. The molecule has 0 aliphatic carbocycles. The molecule has 2 aliphatic heterocycles. The number of ether oxygens (including phenoxy) is 1. The fraction of sp³-hybridized carbons (Fsp3) is 0.778. The average molecular weight is 362 g/mol. The standard InChI is InChI=1S/C18H31BN4O3/c1-17(2)18(3,4)26-19(25-17)14-11-21-16(22-12-14)24-13-15-7-5-6-9-23(15)10-8-20/h11-12,15H,5-10,13,20H2,1-4H3. The molecule has 3 rings (SSSR count). The average Bonchev–Trinajstić information content (AvgIpc) is 2.82. The lowest BCUT2D eigenvalue weighted by Crippen LogP contribution is -2.45. The molecule has 1 unspecified atom stereocenters. The van der Waals surface area contributed by atoms with E-state index in [1.54, 1.807) is 12.4 Å². The first-order valence-corrected chi connectivity index (χ1v) is 9.57. The molecule has 0 amide bonds. The van der Waals surface area contributed by atoms with Crippen LogP contribution in [-0.2, 0) is 9.31 Å². The number of hydrogen-bond acceptors (Lipinski definition) is 7. The summed E-state index contributed by atoms with van der Waals surface area (Å²) in [6, 6.07) is 0.780. The van der Waals surface area contributed by atoms with E-state index in [1.165, 1.54) is 12.8 Å². The number of piperidine rings is 1. The third-order valence-electron chi connectivity index (χ3n) is 5.74. The van der Waals surface area contributed by atoms with Crippen LogP contribution in [0.1, 0.15) is 47.0 Å². The summed E-state index contributed by atoms with van der Waals surface area (Å²) in [6.07, 6.45) is 7.05. The summed E-state index contributed by atoms with van der Waals surface area (Å²) in [5.74, 6) is 0. The number of hydrogen-bond donors (Lipinski definition) is 1. The van der Waals surface area contributed by atoms with Gasteiger partial charge in [0.1, 0.15) is 6.61 Å². The van der Waals surface area contributed by atoms with E-state index in [1.807, 2.05) is 27.7 Å². The van der Waals surface area contributed by atoms with Gasteiger partial charge in [0.05, 0.1) is 11.2 Å². The first-order chi connectivity index (χ1) is 12.3. The normalized spacial score (nSPS) is 25.4. The number of nitrogens with two attached hydrogens (primary N) is 1. The first-order valence-electron chi connectivity index (χ1n) is 9.57. The summed E-state index contributed by atoms with van der Waals surface area (Å²) in [6.45, 7) is 11.4. The van der Waals surface area contributed by atoms with Crippen molar-refractivity contribution in [1.82, 2.24) is 14.9 Å². The zero-order chi connectivity index (χ0) is 18.8. The van der Waals surface area contributed by atoms with E-state index in [0.29, 0.717) is 25.2 Å². The topological polar surface area (TPSA) is 82.7 Å². The SMILES string of the molecule is CC1(C)OB(c2cnc(OCC3CCCCN3CCN)nc2)OC1(C)C. The molecule has 2 aliphatic rings. The molecule has 144 valence electrons. The molecule has 1 atom stereocenters. The molecular weight excluding hydrogens is 331 g/mol. The molecule has 3 heterocycles. The highest BCUT2D eigenvalue weighted by Gasteiger charge is 2.51. The maximum absolute atomic E-state index is 6.02. The summed E-state index contributed by atoms with van der Waals surface area (Å²) in [4.78, 5) is 11.1. The maximum atomic E-state index is 6.02. The van der Waals surface area contributed by atoms with Gasteiger partial charge in [-0.1, -0.05) is 6.42 Å². The zero-order valence-corrected chi connectivity index (χ0v) is 16.4. The Morgan fingerprint density at radius 3 is 2.46 bits per heavy atom. The second-order valence-corrected chi connectivity index (χ2v) is 8.17. The van der Waals surface area contributed by atoms with Crippen molar-refractivity contribution in [2.24, 2.45) is 5.73 Å². The van der Waals surface area contributed by atoms with Crippen LogP contribution in [0.3, 0.4) is 0 Å². The van der Waals surface area contributed by atoms with Crippen LogP contribution in [0.2, 0.25) is 0 Å². The van der Waals surface area contributed by atoms with Crippen LogP contribution in [0.25, 0.3) is 0 Å². The smallest absolute Gasteiger partial charge is 0.462 e. The first kappa shape index (κ1) is 19.5. The lowest BCUT2D eigenvalue weighted by atomic mass is 9.81. The second-order valence-electron chi connectivity index (χ2n) is 8.17. The van der Waals surface area contributed by atoms with Gasteiger partial charge in [0.2, 0.25) is 0 Å². The van der Waals surface area contributed by atoms with Gasteiger partial charge in [0.25, 0.3) is 0 Å². The van der Waals surface area contributed by atoms with Crippen molar-refractivity contribution in [3.05, 3.63) is 12.4 Å². The molecule has 0 bridgehead atoms. The van der Waals surface area contributed by atoms with Crippen LogP contribution < -0.4 is 15.9 Å². The van der Waals surface area contributed by atoms with E-state index < -0.39 is 7.12 Å². The summed E-state index contributed by atoms with van der Waals surface area (Å²) in [5.41, 5.74) is 5.77. The molecule has 2 N–H and O–H groups in total. The minimum Gasteiger partial charge on any atom is -0.462 e. The fourth-order valence-electron chi connectivity index (χ4n) is 3.38. The van der Waals surface area contributed by atoms with Gasteiger partial charge in [-0.25, -0.2) is 9.97 Å². The largest absolute Gasteiger partial charge is 0.498 e. The van der Waals surface area contributed by atoms with Crippen LogP contribution in [-0.4, -0.2) is 65.5 Å².